The lowest BCUT2D eigenvalue weighted by molar-refractivity contribution is 0.519. The van der Waals surface area contributed by atoms with Crippen LogP contribution in [0.4, 0.5) is 0 Å². The second-order valence-electron chi connectivity index (χ2n) is 5.87. The predicted octanol–water partition coefficient (Wildman–Crippen LogP) is 11.6. The van der Waals surface area contributed by atoms with Crippen LogP contribution in [-0.4, -0.2) is 0 Å². The van der Waals surface area contributed by atoms with Gasteiger partial charge in [-0.3, -0.25) is 0 Å². The van der Waals surface area contributed by atoms with Crippen LogP contribution in [0.2, 0.25) is 0 Å². The molecule has 0 saturated heterocycles. The fourth-order valence-corrected chi connectivity index (χ4v) is 3.25. The van der Waals surface area contributed by atoms with Gasteiger partial charge in [0.2, 0.25) is 0 Å². The Morgan fingerprint density at radius 2 is 1.44 bits per heavy atom. The molecular weight excluding hydrogens is 480 g/mol. The molecule has 0 aliphatic heterocycles. The third kappa shape index (κ3) is 13.7. The standard InChI is InChI=1S/C24H28O2S2.4C2H6/c1-7-12-20(18(9-3)10-4)22(17(6)25-27)16-23-21(13-8-2)19(11-5)14-15-24(23)26-28;4*1-2/h7-15,27-28H,3,5-6,16H2,1-2,4H3;4*1-2H3/b12-7-,13-8-,18-10-,22-20-;;;;. The second kappa shape index (κ2) is 28.9. The lowest BCUT2D eigenvalue weighted by Gasteiger charge is -2.19. The molecule has 0 atom stereocenters. The number of hydrogen-bond acceptors (Lipinski definition) is 4. The Bertz CT molecular complexity index is 857. The van der Waals surface area contributed by atoms with Gasteiger partial charge in [-0.2, -0.15) is 0 Å². The minimum atomic E-state index is 0.457. The molecule has 204 valence electrons. The van der Waals surface area contributed by atoms with E-state index in [1.54, 1.807) is 0 Å². The zero-order valence-corrected chi connectivity index (χ0v) is 26.5. The van der Waals surface area contributed by atoms with Gasteiger partial charge in [0.15, 0.2) is 0 Å². The molecule has 2 nitrogen and oxygen atoms in total. The van der Waals surface area contributed by atoms with Crippen LogP contribution in [-0.2, 0) is 10.6 Å². The Hall–Kier alpha value is -2.30. The largest absolute Gasteiger partial charge is 0.429 e. The molecule has 0 heterocycles. The van der Waals surface area contributed by atoms with Gasteiger partial charge < -0.3 is 8.37 Å². The van der Waals surface area contributed by atoms with E-state index in [1.807, 2.05) is 131 Å². The van der Waals surface area contributed by atoms with E-state index >= 15 is 0 Å². The van der Waals surface area contributed by atoms with Crippen LogP contribution in [0.15, 0.2) is 84.7 Å². The molecule has 0 N–H and O–H groups in total. The Balaban J connectivity index is -0.000000579. The van der Waals surface area contributed by atoms with Crippen molar-refractivity contribution < 1.29 is 8.37 Å². The van der Waals surface area contributed by atoms with Gasteiger partial charge in [-0.1, -0.05) is 124 Å². The van der Waals surface area contributed by atoms with Crippen molar-refractivity contribution in [2.24, 2.45) is 0 Å². The minimum absolute atomic E-state index is 0.457. The molecule has 0 unspecified atom stereocenters. The van der Waals surface area contributed by atoms with Gasteiger partial charge in [0, 0.05) is 43.4 Å². The number of allylic oxidation sites excluding steroid dienone is 8. The van der Waals surface area contributed by atoms with E-state index in [0.29, 0.717) is 17.9 Å². The fourth-order valence-electron chi connectivity index (χ4n) is 2.97. The van der Waals surface area contributed by atoms with Crippen molar-refractivity contribution in [2.45, 2.75) is 82.6 Å². The first-order valence-corrected chi connectivity index (χ1v) is 13.6. The maximum absolute atomic E-state index is 5.36. The van der Waals surface area contributed by atoms with Crippen LogP contribution in [0.5, 0.6) is 5.75 Å². The average Bonchev–Trinajstić information content (AvgIpc) is 2.96. The molecule has 1 aromatic rings. The van der Waals surface area contributed by atoms with E-state index < -0.39 is 0 Å². The molecule has 36 heavy (non-hydrogen) atoms. The topological polar surface area (TPSA) is 18.5 Å². The lowest BCUT2D eigenvalue weighted by Crippen LogP contribution is -2.04. The zero-order chi connectivity index (χ0) is 29.1. The molecule has 0 radical (unpaired) electrons. The molecule has 0 amide bonds. The van der Waals surface area contributed by atoms with Gasteiger partial charge in [0.1, 0.15) is 11.5 Å². The molecule has 0 aliphatic carbocycles. The lowest BCUT2D eigenvalue weighted by atomic mass is 9.89. The summed E-state index contributed by atoms with van der Waals surface area (Å²) in [5, 5.41) is 0. The second-order valence-corrected chi connectivity index (χ2v) is 6.24. The Morgan fingerprint density at radius 1 is 0.889 bits per heavy atom. The normalized spacial score (nSPS) is 10.6. The fraction of sp³-hybridized carbons (Fsp3) is 0.375. The quantitative estimate of drug-likeness (QED) is 0.135. The smallest absolute Gasteiger partial charge is 0.141 e. The SMILES string of the molecule is C=CC(=C/C)/C(/C=C\C)=C(/Cc1c(OS)ccc(C=C)c1/C=C\C)C(=C)OS.CC.CC.CC.CC. The van der Waals surface area contributed by atoms with Gasteiger partial charge in [-0.15, -0.1) is 0 Å². The molecule has 4 heteroatoms. The molecule has 0 saturated carbocycles. The molecule has 1 aromatic carbocycles. The number of hydrogen-bond donors (Lipinski definition) is 2. The summed E-state index contributed by atoms with van der Waals surface area (Å²) in [5.74, 6) is 1.12. The average molecular weight is 533 g/mol. The van der Waals surface area contributed by atoms with Crippen molar-refractivity contribution in [1.29, 1.82) is 0 Å². The first-order chi connectivity index (χ1) is 17.5. The molecule has 0 aromatic heterocycles. The maximum Gasteiger partial charge on any atom is 0.141 e. The summed E-state index contributed by atoms with van der Waals surface area (Å²) >= 11 is 8.04. The number of thiol groups is 2. The third-order valence-corrected chi connectivity index (χ3v) is 4.72. The van der Waals surface area contributed by atoms with Gasteiger partial charge >= 0.3 is 0 Å². The van der Waals surface area contributed by atoms with E-state index in [-0.39, 0.29) is 0 Å². The zero-order valence-electron chi connectivity index (χ0n) is 24.7. The van der Waals surface area contributed by atoms with E-state index in [9.17, 15) is 0 Å². The van der Waals surface area contributed by atoms with Gasteiger partial charge in [-0.05, 0) is 49.1 Å². The summed E-state index contributed by atoms with van der Waals surface area (Å²) in [6.07, 6.45) is 14.1. The predicted molar refractivity (Wildman–Crippen MR) is 175 cm³/mol. The van der Waals surface area contributed by atoms with Crippen LogP contribution in [0.25, 0.3) is 12.2 Å². The van der Waals surface area contributed by atoms with Crippen molar-refractivity contribution >= 4 is 38.0 Å². The highest BCUT2D eigenvalue weighted by molar-refractivity contribution is 7.75. The molecule has 0 fully saturated rings. The first-order valence-electron chi connectivity index (χ1n) is 12.9. The summed E-state index contributed by atoms with van der Waals surface area (Å²) in [7, 11) is 0. The summed E-state index contributed by atoms with van der Waals surface area (Å²) < 4.78 is 10.6. The van der Waals surface area contributed by atoms with E-state index in [4.69, 9.17) is 8.37 Å². The minimum Gasteiger partial charge on any atom is -0.429 e. The molecule has 0 aliphatic rings. The van der Waals surface area contributed by atoms with E-state index in [2.05, 4.69) is 45.6 Å². The van der Waals surface area contributed by atoms with Gasteiger partial charge in [-0.25, -0.2) is 0 Å². The molecule has 0 spiro atoms. The van der Waals surface area contributed by atoms with Crippen molar-refractivity contribution in [3.8, 4) is 5.75 Å². The summed E-state index contributed by atoms with van der Waals surface area (Å²) in [6, 6.07) is 3.84. The third-order valence-electron chi connectivity index (χ3n) is 4.30. The number of benzene rings is 1. The van der Waals surface area contributed by atoms with Gasteiger partial charge in [0.25, 0.3) is 0 Å². The Kier molecular flexibility index (Phi) is 32.8. The van der Waals surface area contributed by atoms with E-state index in [0.717, 1.165) is 33.4 Å². The first kappa shape index (κ1) is 40.9. The van der Waals surface area contributed by atoms with Crippen molar-refractivity contribution in [2.75, 3.05) is 0 Å². The van der Waals surface area contributed by atoms with Crippen LogP contribution >= 0.6 is 25.8 Å². The van der Waals surface area contributed by atoms with Crippen LogP contribution in [0.1, 0.15) is 92.9 Å². The van der Waals surface area contributed by atoms with Crippen LogP contribution < -0.4 is 4.18 Å². The highest BCUT2D eigenvalue weighted by Crippen LogP contribution is 2.35. The van der Waals surface area contributed by atoms with Crippen molar-refractivity contribution in [1.82, 2.24) is 0 Å². The highest BCUT2D eigenvalue weighted by atomic mass is 32.1. The van der Waals surface area contributed by atoms with Crippen LogP contribution in [0, 0.1) is 0 Å². The highest BCUT2D eigenvalue weighted by Gasteiger charge is 2.18. The summed E-state index contributed by atoms with van der Waals surface area (Å²) in [5.41, 5.74) is 5.77. The van der Waals surface area contributed by atoms with Gasteiger partial charge in [0.05, 0.1) is 0 Å². The monoisotopic (exact) mass is 532 g/mol. The maximum atomic E-state index is 5.36. The van der Waals surface area contributed by atoms with Crippen LogP contribution in [0.3, 0.4) is 0 Å². The van der Waals surface area contributed by atoms with E-state index in [1.165, 1.54) is 0 Å². The van der Waals surface area contributed by atoms with Crippen molar-refractivity contribution in [3.05, 3.63) is 101 Å². The molecule has 0 bridgehead atoms. The Morgan fingerprint density at radius 3 is 1.81 bits per heavy atom. The summed E-state index contributed by atoms with van der Waals surface area (Å²) in [4.78, 5) is 0. The summed E-state index contributed by atoms with van der Waals surface area (Å²) in [6.45, 7) is 33.8. The Labute approximate surface area is 235 Å². The molecular formula is C32H52O2S2. The molecule has 1 rings (SSSR count). The number of rotatable bonds is 10. The van der Waals surface area contributed by atoms with Crippen molar-refractivity contribution in [3.63, 3.8) is 0 Å².